The molecule has 0 aliphatic heterocycles. The van der Waals surface area contributed by atoms with Crippen LogP contribution < -0.4 is 0 Å². The molecule has 0 aliphatic rings. The second-order valence-electron chi connectivity index (χ2n) is 10.7. The topological polar surface area (TPSA) is 13.1 Å². The molecular formula is C42H26O. The maximum Gasteiger partial charge on any atom is 0.143 e. The SMILES string of the molecule is [2H]c1c([2H])c([2H])c2c([2H])c(-c3cccc(-c4c5ccccc5c(-c5cccc6c5oc5ccccc56)c5ccccc45)c3)c([2H])c([2H])c2c1[2H]. The monoisotopic (exact) mass is 553 g/mol. The highest BCUT2D eigenvalue weighted by atomic mass is 16.3. The van der Waals surface area contributed by atoms with Gasteiger partial charge in [-0.3, -0.25) is 0 Å². The first-order chi connectivity index (χ1) is 24.3. The summed E-state index contributed by atoms with van der Waals surface area (Å²) in [6.45, 7) is 0. The Morgan fingerprint density at radius 1 is 0.442 bits per heavy atom. The lowest BCUT2D eigenvalue weighted by Gasteiger charge is -2.18. The van der Waals surface area contributed by atoms with Gasteiger partial charge in [-0.25, -0.2) is 0 Å². The molecule has 43 heavy (non-hydrogen) atoms. The number of benzene rings is 8. The van der Waals surface area contributed by atoms with Crippen molar-refractivity contribution in [3.8, 4) is 33.4 Å². The fourth-order valence-corrected chi connectivity index (χ4v) is 6.43. The summed E-state index contributed by atoms with van der Waals surface area (Å²) in [7, 11) is 0. The third-order valence-electron chi connectivity index (χ3n) is 8.30. The summed E-state index contributed by atoms with van der Waals surface area (Å²) in [5, 5.41) is 6.04. The van der Waals surface area contributed by atoms with E-state index in [1.54, 1.807) is 6.07 Å². The molecule has 0 atom stereocenters. The molecule has 9 aromatic rings. The highest BCUT2D eigenvalue weighted by molar-refractivity contribution is 6.24. The molecule has 0 amide bonds. The normalized spacial score (nSPS) is 14.0. The Labute approximate surface area is 259 Å². The molecule has 1 nitrogen and oxygen atoms in total. The molecule has 0 unspecified atom stereocenters. The van der Waals surface area contributed by atoms with Gasteiger partial charge in [0.25, 0.3) is 0 Å². The van der Waals surface area contributed by atoms with E-state index in [1.807, 2.05) is 60.7 Å². The van der Waals surface area contributed by atoms with E-state index in [1.165, 1.54) is 0 Å². The van der Waals surface area contributed by atoms with Crippen molar-refractivity contribution >= 4 is 54.3 Å². The van der Waals surface area contributed by atoms with Crippen molar-refractivity contribution in [1.82, 2.24) is 0 Å². The molecule has 0 saturated carbocycles. The van der Waals surface area contributed by atoms with E-state index in [9.17, 15) is 0 Å². The van der Waals surface area contributed by atoms with Gasteiger partial charge in [0.1, 0.15) is 11.2 Å². The van der Waals surface area contributed by atoms with E-state index in [0.717, 1.165) is 65.7 Å². The van der Waals surface area contributed by atoms with Gasteiger partial charge < -0.3 is 4.42 Å². The summed E-state index contributed by atoms with van der Waals surface area (Å²) in [5.41, 5.74) is 6.21. The quantitative estimate of drug-likeness (QED) is 0.198. The average molecular weight is 554 g/mol. The van der Waals surface area contributed by atoms with E-state index >= 15 is 0 Å². The van der Waals surface area contributed by atoms with Gasteiger partial charge in [0.15, 0.2) is 0 Å². The molecule has 1 heterocycles. The lowest BCUT2D eigenvalue weighted by atomic mass is 9.85. The number of hydrogen-bond donors (Lipinski definition) is 0. The van der Waals surface area contributed by atoms with Gasteiger partial charge in [-0.2, -0.15) is 0 Å². The third-order valence-corrected chi connectivity index (χ3v) is 8.30. The smallest absolute Gasteiger partial charge is 0.143 e. The van der Waals surface area contributed by atoms with Crippen LogP contribution in [-0.2, 0) is 0 Å². The summed E-state index contributed by atoms with van der Waals surface area (Å²) in [6.07, 6.45) is 0. The Balaban J connectivity index is 1.34. The zero-order chi connectivity index (χ0) is 34.4. The van der Waals surface area contributed by atoms with E-state index in [4.69, 9.17) is 14.0 Å². The van der Waals surface area contributed by atoms with Gasteiger partial charge in [-0.15, -0.1) is 0 Å². The predicted octanol–water partition coefficient (Wildman–Crippen LogP) is 12.0. The molecule has 0 N–H and O–H groups in total. The van der Waals surface area contributed by atoms with E-state index in [-0.39, 0.29) is 40.5 Å². The van der Waals surface area contributed by atoms with Crippen LogP contribution in [0.4, 0.5) is 0 Å². The van der Waals surface area contributed by atoms with Crippen molar-refractivity contribution < 1.29 is 14.0 Å². The van der Waals surface area contributed by atoms with Crippen LogP contribution in [-0.4, -0.2) is 0 Å². The number of furan rings is 1. The van der Waals surface area contributed by atoms with E-state index < -0.39 is 18.1 Å². The molecule has 0 saturated heterocycles. The maximum atomic E-state index is 9.13. The van der Waals surface area contributed by atoms with Gasteiger partial charge in [-0.05, 0) is 72.7 Å². The molecule has 200 valence electrons. The van der Waals surface area contributed by atoms with Gasteiger partial charge >= 0.3 is 0 Å². The van der Waals surface area contributed by atoms with Gasteiger partial charge in [-0.1, -0.05) is 139 Å². The van der Waals surface area contributed by atoms with Crippen molar-refractivity contribution in [2.45, 2.75) is 0 Å². The molecule has 0 aliphatic carbocycles. The summed E-state index contributed by atoms with van der Waals surface area (Å²) >= 11 is 0. The molecule has 0 fully saturated rings. The Morgan fingerprint density at radius 3 is 1.81 bits per heavy atom. The van der Waals surface area contributed by atoms with Crippen LogP contribution in [0, 0.1) is 0 Å². The zero-order valence-corrected chi connectivity index (χ0v) is 22.9. The first-order valence-corrected chi connectivity index (χ1v) is 14.2. The minimum atomic E-state index is -0.483. The van der Waals surface area contributed by atoms with Crippen LogP contribution in [0.3, 0.4) is 0 Å². The average Bonchev–Trinajstić information content (AvgIpc) is 3.53. The number of hydrogen-bond acceptors (Lipinski definition) is 1. The maximum absolute atomic E-state index is 9.13. The Bertz CT molecular complexity index is 2850. The van der Waals surface area contributed by atoms with Crippen LogP contribution in [0.1, 0.15) is 9.60 Å². The number of para-hydroxylation sites is 2. The van der Waals surface area contributed by atoms with Crippen molar-refractivity contribution in [3.05, 3.63) is 158 Å². The first-order valence-electron chi connectivity index (χ1n) is 17.7. The van der Waals surface area contributed by atoms with E-state index in [2.05, 4.69) is 48.5 Å². The van der Waals surface area contributed by atoms with Crippen LogP contribution in [0.25, 0.3) is 87.6 Å². The number of fused-ring (bicyclic) bond motifs is 6. The highest BCUT2D eigenvalue weighted by Gasteiger charge is 2.20. The first kappa shape index (κ1) is 18.0. The molecule has 0 radical (unpaired) electrons. The largest absolute Gasteiger partial charge is 0.455 e. The van der Waals surface area contributed by atoms with Crippen molar-refractivity contribution in [2.75, 3.05) is 0 Å². The molecule has 1 heteroatoms. The van der Waals surface area contributed by atoms with Crippen LogP contribution >= 0.6 is 0 Å². The predicted molar refractivity (Wildman–Crippen MR) is 183 cm³/mol. The zero-order valence-electron chi connectivity index (χ0n) is 29.9. The Hall–Kier alpha value is -5.66. The third kappa shape index (κ3) is 3.72. The van der Waals surface area contributed by atoms with Gasteiger partial charge in [0.05, 0.1) is 9.60 Å². The highest BCUT2D eigenvalue weighted by Crippen LogP contribution is 2.46. The standard InChI is InChI=1S/C42H26O/c1-2-12-28-25-30(24-23-27(28)11-1)29-13-9-14-31(26-29)40-33-16-3-5-18-35(33)41(36-19-6-4-17-34(36)40)38-21-10-20-37-32-15-7-8-22-39(32)43-42(37)38/h1-26H/i1D,2D,11D,12D,23D,24D,25D. The molecule has 0 spiro atoms. The minimum absolute atomic E-state index is 0.0579. The fraction of sp³-hybridized carbons (Fsp3) is 0. The number of rotatable bonds is 3. The van der Waals surface area contributed by atoms with Crippen molar-refractivity contribution in [3.63, 3.8) is 0 Å². The van der Waals surface area contributed by atoms with Crippen molar-refractivity contribution in [2.24, 2.45) is 0 Å². The second kappa shape index (κ2) is 9.44. The molecule has 1 aromatic heterocycles. The van der Waals surface area contributed by atoms with Gasteiger partial charge in [0, 0.05) is 21.9 Å². The van der Waals surface area contributed by atoms with E-state index in [0.29, 0.717) is 5.56 Å². The molecular weight excluding hydrogens is 520 g/mol. The molecule has 0 bridgehead atoms. The summed E-state index contributed by atoms with van der Waals surface area (Å²) < 4.78 is 66.7. The van der Waals surface area contributed by atoms with Crippen LogP contribution in [0.5, 0.6) is 0 Å². The molecule has 9 rings (SSSR count). The lowest BCUT2D eigenvalue weighted by Crippen LogP contribution is -1.91. The molecule has 8 aromatic carbocycles. The van der Waals surface area contributed by atoms with Gasteiger partial charge in [0.2, 0.25) is 0 Å². The summed E-state index contributed by atoms with van der Waals surface area (Å²) in [4.78, 5) is 0. The summed E-state index contributed by atoms with van der Waals surface area (Å²) in [6, 6.07) is 35.9. The lowest BCUT2D eigenvalue weighted by molar-refractivity contribution is 0.670. The Morgan fingerprint density at radius 2 is 1.05 bits per heavy atom. The second-order valence-corrected chi connectivity index (χ2v) is 10.7. The minimum Gasteiger partial charge on any atom is -0.455 e. The van der Waals surface area contributed by atoms with Crippen molar-refractivity contribution in [1.29, 1.82) is 0 Å². The summed E-state index contributed by atoms with van der Waals surface area (Å²) in [5.74, 6) is 0. The van der Waals surface area contributed by atoms with Crippen LogP contribution in [0.2, 0.25) is 0 Å². The van der Waals surface area contributed by atoms with Crippen LogP contribution in [0.15, 0.2) is 162 Å². The fourth-order valence-electron chi connectivity index (χ4n) is 6.43. The Kier molecular flexibility index (Phi) is 3.95.